The molecule has 3 rings (SSSR count). The molecule has 2 aromatic heterocycles. The topological polar surface area (TPSA) is 71.1 Å². The fourth-order valence-electron chi connectivity index (χ4n) is 2.50. The number of aromatic nitrogens is 3. The summed E-state index contributed by atoms with van der Waals surface area (Å²) in [4.78, 5) is 25.4. The van der Waals surface area contributed by atoms with E-state index in [1.165, 1.54) is 6.07 Å². The van der Waals surface area contributed by atoms with Crippen LogP contribution in [0, 0.1) is 13.8 Å². The minimum absolute atomic E-state index is 0.131. The van der Waals surface area contributed by atoms with E-state index in [0.717, 1.165) is 30.3 Å². The zero-order valence-electron chi connectivity index (χ0n) is 12.1. The molecule has 0 aliphatic carbocycles. The van der Waals surface area contributed by atoms with Crippen molar-refractivity contribution in [3.05, 3.63) is 44.0 Å². The highest BCUT2D eigenvalue weighted by Crippen LogP contribution is 2.21. The van der Waals surface area contributed by atoms with Crippen LogP contribution in [0.25, 0.3) is 0 Å². The Morgan fingerprint density at radius 2 is 2.33 bits per heavy atom. The SMILES string of the molecule is Cc1nc(C2CN(Cc3csc(C)n3)CCO2)cc(=O)[nH]1. The molecule has 0 bridgehead atoms. The van der Waals surface area contributed by atoms with E-state index in [9.17, 15) is 4.79 Å². The van der Waals surface area contributed by atoms with E-state index in [0.29, 0.717) is 18.1 Å². The number of ether oxygens (including phenoxy) is 1. The number of aromatic amines is 1. The second-order valence-corrected chi connectivity index (χ2v) is 6.27. The van der Waals surface area contributed by atoms with Crippen LogP contribution in [0.2, 0.25) is 0 Å². The van der Waals surface area contributed by atoms with Crippen LogP contribution < -0.4 is 5.56 Å². The second-order valence-electron chi connectivity index (χ2n) is 5.21. The highest BCUT2D eigenvalue weighted by atomic mass is 32.1. The van der Waals surface area contributed by atoms with Crippen LogP contribution in [0.1, 0.15) is 28.3 Å². The highest BCUT2D eigenvalue weighted by Gasteiger charge is 2.24. The van der Waals surface area contributed by atoms with Gasteiger partial charge in [0, 0.05) is 31.1 Å². The molecule has 0 aromatic carbocycles. The van der Waals surface area contributed by atoms with E-state index in [2.05, 4.69) is 25.2 Å². The monoisotopic (exact) mass is 306 g/mol. The van der Waals surface area contributed by atoms with Gasteiger partial charge in [0.2, 0.25) is 0 Å². The van der Waals surface area contributed by atoms with Gasteiger partial charge in [-0.15, -0.1) is 11.3 Å². The Labute approximate surface area is 126 Å². The number of rotatable bonds is 3. The summed E-state index contributed by atoms with van der Waals surface area (Å²) in [5.41, 5.74) is 1.66. The van der Waals surface area contributed by atoms with Crippen molar-refractivity contribution in [2.24, 2.45) is 0 Å². The summed E-state index contributed by atoms with van der Waals surface area (Å²) in [5.74, 6) is 0.619. The predicted octanol–water partition coefficient (Wildman–Crippen LogP) is 1.42. The molecule has 2 aromatic rings. The van der Waals surface area contributed by atoms with Crippen molar-refractivity contribution < 1.29 is 4.74 Å². The maximum Gasteiger partial charge on any atom is 0.251 e. The number of thiazole rings is 1. The third kappa shape index (κ3) is 3.55. The molecule has 1 unspecified atom stereocenters. The van der Waals surface area contributed by atoms with Crippen molar-refractivity contribution in [1.82, 2.24) is 19.9 Å². The van der Waals surface area contributed by atoms with Gasteiger partial charge in [-0.2, -0.15) is 0 Å². The molecule has 1 fully saturated rings. The first kappa shape index (κ1) is 14.4. The molecular weight excluding hydrogens is 288 g/mol. The molecule has 7 heteroatoms. The zero-order valence-corrected chi connectivity index (χ0v) is 12.9. The van der Waals surface area contributed by atoms with Gasteiger partial charge >= 0.3 is 0 Å². The van der Waals surface area contributed by atoms with Crippen molar-refractivity contribution in [3.63, 3.8) is 0 Å². The number of hydrogen-bond donors (Lipinski definition) is 1. The van der Waals surface area contributed by atoms with Crippen LogP contribution >= 0.6 is 11.3 Å². The summed E-state index contributed by atoms with van der Waals surface area (Å²) in [6.45, 7) is 6.85. The van der Waals surface area contributed by atoms with Crippen LogP contribution in [0.15, 0.2) is 16.2 Å². The van der Waals surface area contributed by atoms with Gasteiger partial charge in [0.05, 0.1) is 23.0 Å². The number of nitrogens with one attached hydrogen (secondary N) is 1. The average molecular weight is 306 g/mol. The first-order chi connectivity index (χ1) is 10.1. The van der Waals surface area contributed by atoms with Crippen LogP contribution in [0.4, 0.5) is 0 Å². The van der Waals surface area contributed by atoms with E-state index in [1.54, 1.807) is 18.3 Å². The lowest BCUT2D eigenvalue weighted by atomic mass is 10.2. The average Bonchev–Trinajstić information content (AvgIpc) is 2.83. The number of morpholine rings is 1. The Bertz CT molecular complexity index is 682. The molecule has 1 N–H and O–H groups in total. The van der Waals surface area contributed by atoms with Gasteiger partial charge in [-0.3, -0.25) is 9.69 Å². The van der Waals surface area contributed by atoms with E-state index < -0.39 is 0 Å². The summed E-state index contributed by atoms with van der Waals surface area (Å²) in [6, 6.07) is 1.52. The molecule has 112 valence electrons. The van der Waals surface area contributed by atoms with E-state index in [-0.39, 0.29) is 11.7 Å². The van der Waals surface area contributed by atoms with Crippen LogP contribution in [-0.2, 0) is 11.3 Å². The molecule has 3 heterocycles. The standard InChI is InChI=1S/C14H18N4O2S/c1-9-15-12(5-14(19)16-9)13-7-18(3-4-20-13)6-11-8-21-10(2)17-11/h5,8,13H,3-4,6-7H2,1-2H3,(H,15,16,19). The van der Waals surface area contributed by atoms with Crippen LogP contribution in [-0.4, -0.2) is 39.5 Å². The highest BCUT2D eigenvalue weighted by molar-refractivity contribution is 7.09. The summed E-state index contributed by atoms with van der Waals surface area (Å²) < 4.78 is 5.77. The largest absolute Gasteiger partial charge is 0.369 e. The summed E-state index contributed by atoms with van der Waals surface area (Å²) in [6.07, 6.45) is -0.153. The lowest BCUT2D eigenvalue weighted by Crippen LogP contribution is -2.38. The third-order valence-electron chi connectivity index (χ3n) is 3.41. The van der Waals surface area contributed by atoms with E-state index in [4.69, 9.17) is 4.74 Å². The number of hydrogen-bond acceptors (Lipinski definition) is 6. The molecule has 1 aliphatic heterocycles. The quantitative estimate of drug-likeness (QED) is 0.928. The minimum Gasteiger partial charge on any atom is -0.369 e. The van der Waals surface area contributed by atoms with Gasteiger partial charge in [0.25, 0.3) is 5.56 Å². The minimum atomic E-state index is -0.153. The molecule has 6 nitrogen and oxygen atoms in total. The van der Waals surface area contributed by atoms with Crippen molar-refractivity contribution in [1.29, 1.82) is 0 Å². The van der Waals surface area contributed by atoms with Crippen LogP contribution in [0.3, 0.4) is 0 Å². The Morgan fingerprint density at radius 1 is 1.48 bits per heavy atom. The zero-order chi connectivity index (χ0) is 14.8. The molecule has 1 saturated heterocycles. The molecule has 0 spiro atoms. The Hall–Kier alpha value is -1.57. The molecule has 0 saturated carbocycles. The van der Waals surface area contributed by atoms with Gasteiger partial charge in [-0.1, -0.05) is 0 Å². The predicted molar refractivity (Wildman–Crippen MR) is 80.4 cm³/mol. The van der Waals surface area contributed by atoms with Crippen molar-refractivity contribution in [3.8, 4) is 0 Å². The Balaban J connectivity index is 1.71. The van der Waals surface area contributed by atoms with Gasteiger partial charge in [0.1, 0.15) is 11.9 Å². The number of aryl methyl sites for hydroxylation is 2. The first-order valence-electron chi connectivity index (χ1n) is 6.93. The van der Waals surface area contributed by atoms with Crippen LogP contribution in [0.5, 0.6) is 0 Å². The summed E-state index contributed by atoms with van der Waals surface area (Å²) >= 11 is 1.67. The third-order valence-corrected chi connectivity index (χ3v) is 4.23. The van der Waals surface area contributed by atoms with E-state index in [1.807, 2.05) is 6.92 Å². The molecule has 21 heavy (non-hydrogen) atoms. The maximum atomic E-state index is 11.6. The molecule has 0 radical (unpaired) electrons. The number of H-pyrrole nitrogens is 1. The molecule has 1 aliphatic rings. The fourth-order valence-corrected chi connectivity index (χ4v) is 3.11. The summed E-state index contributed by atoms with van der Waals surface area (Å²) in [7, 11) is 0. The maximum absolute atomic E-state index is 11.6. The summed E-state index contributed by atoms with van der Waals surface area (Å²) in [5, 5.41) is 3.18. The lowest BCUT2D eigenvalue weighted by Gasteiger charge is -2.32. The van der Waals surface area contributed by atoms with Gasteiger partial charge in [-0.05, 0) is 13.8 Å². The number of nitrogens with zero attached hydrogens (tertiary/aromatic N) is 3. The fraction of sp³-hybridized carbons (Fsp3) is 0.500. The molecule has 0 amide bonds. The molecular formula is C14H18N4O2S. The Kier molecular flexibility index (Phi) is 4.14. The first-order valence-corrected chi connectivity index (χ1v) is 7.81. The lowest BCUT2D eigenvalue weighted by molar-refractivity contribution is -0.0354. The smallest absolute Gasteiger partial charge is 0.251 e. The molecule has 1 atom stereocenters. The van der Waals surface area contributed by atoms with Crippen molar-refractivity contribution in [2.45, 2.75) is 26.5 Å². The normalized spacial score (nSPS) is 19.8. The van der Waals surface area contributed by atoms with E-state index >= 15 is 0 Å². The van der Waals surface area contributed by atoms with Crippen molar-refractivity contribution in [2.75, 3.05) is 19.7 Å². The van der Waals surface area contributed by atoms with Gasteiger partial charge < -0.3 is 9.72 Å². The van der Waals surface area contributed by atoms with Crippen molar-refractivity contribution >= 4 is 11.3 Å². The van der Waals surface area contributed by atoms with Gasteiger partial charge in [-0.25, -0.2) is 9.97 Å². The van der Waals surface area contributed by atoms with Gasteiger partial charge in [0.15, 0.2) is 0 Å². The second kappa shape index (κ2) is 6.05. The Morgan fingerprint density at radius 3 is 3.05 bits per heavy atom.